The first-order valence-electron chi connectivity index (χ1n) is 6.62. The third-order valence-corrected chi connectivity index (χ3v) is 3.22. The highest BCUT2D eigenvalue weighted by atomic mass is 19.1. The third kappa shape index (κ3) is 3.18. The average Bonchev–Trinajstić information content (AvgIpc) is 2.44. The van der Waals surface area contributed by atoms with E-state index in [4.69, 9.17) is 0 Å². The lowest BCUT2D eigenvalue weighted by Gasteiger charge is -2.20. The van der Waals surface area contributed by atoms with E-state index < -0.39 is 5.82 Å². The summed E-state index contributed by atoms with van der Waals surface area (Å²) in [5.74, 6) is -0.486. The zero-order chi connectivity index (χ0) is 15.6. The summed E-state index contributed by atoms with van der Waals surface area (Å²) in [5.41, 5.74) is 3.11. The van der Waals surface area contributed by atoms with E-state index in [0.717, 1.165) is 23.0 Å². The Bertz CT molecular complexity index is 665. The van der Waals surface area contributed by atoms with Gasteiger partial charge in [0.25, 0.3) is 5.91 Å². The maximum Gasteiger partial charge on any atom is 0.261 e. The summed E-state index contributed by atoms with van der Waals surface area (Å²) in [4.78, 5) is 18.0. The van der Waals surface area contributed by atoms with Crippen LogP contribution in [0.5, 0.6) is 0 Å². The molecule has 2 aromatic rings. The van der Waals surface area contributed by atoms with Crippen molar-refractivity contribution in [1.29, 1.82) is 0 Å². The largest absolute Gasteiger partial charge is 0.372 e. The second-order valence-electron chi connectivity index (χ2n) is 5.01. The van der Waals surface area contributed by atoms with Crippen molar-refractivity contribution >= 4 is 17.4 Å². The van der Waals surface area contributed by atoms with E-state index in [2.05, 4.69) is 10.3 Å². The Balaban J connectivity index is 2.41. The molecule has 0 aliphatic heterocycles. The minimum atomic E-state index is -0.536. The summed E-state index contributed by atoms with van der Waals surface area (Å²) in [6.07, 6.45) is 1.08. The standard InChI is InChI=1S/C16H18FN3O/c1-10-5-11(2)7-13(6-10)20(4)16(21)14-8-12(17)9-19-15(14)18-3/h5-9H,1-4H3,(H,18,19). The van der Waals surface area contributed by atoms with Crippen LogP contribution in [0.25, 0.3) is 0 Å². The van der Waals surface area contributed by atoms with Crippen LogP contribution in [0.3, 0.4) is 0 Å². The quantitative estimate of drug-likeness (QED) is 0.943. The molecular formula is C16H18FN3O. The molecule has 0 saturated carbocycles. The molecule has 1 aromatic carbocycles. The van der Waals surface area contributed by atoms with Crippen LogP contribution in [0.2, 0.25) is 0 Å². The highest BCUT2D eigenvalue weighted by molar-refractivity contribution is 6.08. The van der Waals surface area contributed by atoms with Crippen molar-refractivity contribution in [3.63, 3.8) is 0 Å². The van der Waals surface area contributed by atoms with Crippen molar-refractivity contribution in [1.82, 2.24) is 4.98 Å². The second kappa shape index (κ2) is 5.91. The molecule has 0 fully saturated rings. The fourth-order valence-electron chi connectivity index (χ4n) is 2.24. The zero-order valence-electron chi connectivity index (χ0n) is 12.6. The van der Waals surface area contributed by atoms with Crippen molar-refractivity contribution in [2.45, 2.75) is 13.8 Å². The highest BCUT2D eigenvalue weighted by Crippen LogP contribution is 2.22. The molecule has 1 heterocycles. The lowest BCUT2D eigenvalue weighted by Crippen LogP contribution is -2.27. The number of aromatic nitrogens is 1. The van der Waals surface area contributed by atoms with Crippen LogP contribution < -0.4 is 10.2 Å². The Kier molecular flexibility index (Phi) is 4.21. The van der Waals surface area contributed by atoms with Crippen LogP contribution in [0.15, 0.2) is 30.5 Å². The number of carbonyl (C=O) groups excluding carboxylic acids is 1. The van der Waals surface area contributed by atoms with Crippen LogP contribution >= 0.6 is 0 Å². The zero-order valence-corrected chi connectivity index (χ0v) is 12.6. The molecule has 0 atom stereocenters. The van der Waals surface area contributed by atoms with Crippen LogP contribution in [0.1, 0.15) is 21.5 Å². The third-order valence-electron chi connectivity index (χ3n) is 3.22. The van der Waals surface area contributed by atoms with Crippen molar-refractivity contribution in [3.8, 4) is 0 Å². The molecule has 0 spiro atoms. The van der Waals surface area contributed by atoms with Crippen LogP contribution in [-0.4, -0.2) is 25.0 Å². The minimum Gasteiger partial charge on any atom is -0.372 e. The molecule has 21 heavy (non-hydrogen) atoms. The van der Waals surface area contributed by atoms with Gasteiger partial charge in [0.2, 0.25) is 0 Å². The predicted molar refractivity (Wildman–Crippen MR) is 82.4 cm³/mol. The summed E-state index contributed by atoms with van der Waals surface area (Å²) in [7, 11) is 3.31. The molecule has 0 aliphatic carbocycles. The van der Waals surface area contributed by atoms with Gasteiger partial charge in [0.15, 0.2) is 0 Å². The number of rotatable bonds is 3. The smallest absolute Gasteiger partial charge is 0.261 e. The van der Waals surface area contributed by atoms with Gasteiger partial charge in [-0.1, -0.05) is 6.07 Å². The molecule has 2 rings (SSSR count). The van der Waals surface area contributed by atoms with Gasteiger partial charge in [-0.15, -0.1) is 0 Å². The molecular weight excluding hydrogens is 269 g/mol. The maximum atomic E-state index is 13.4. The molecule has 110 valence electrons. The molecule has 1 aromatic heterocycles. The normalized spacial score (nSPS) is 10.3. The second-order valence-corrected chi connectivity index (χ2v) is 5.01. The van der Waals surface area contributed by atoms with Crippen LogP contribution in [-0.2, 0) is 0 Å². The fourth-order valence-corrected chi connectivity index (χ4v) is 2.24. The van der Waals surface area contributed by atoms with Gasteiger partial charge in [-0.3, -0.25) is 4.79 Å². The molecule has 0 radical (unpaired) electrons. The highest BCUT2D eigenvalue weighted by Gasteiger charge is 2.19. The van der Waals surface area contributed by atoms with Crippen LogP contribution in [0.4, 0.5) is 15.9 Å². The number of hydrogen-bond acceptors (Lipinski definition) is 3. The van der Waals surface area contributed by atoms with E-state index in [1.54, 1.807) is 14.1 Å². The monoisotopic (exact) mass is 287 g/mol. The SMILES string of the molecule is CNc1ncc(F)cc1C(=O)N(C)c1cc(C)cc(C)c1. The molecule has 1 amide bonds. The van der Waals surface area contributed by atoms with E-state index in [0.29, 0.717) is 5.82 Å². The summed E-state index contributed by atoms with van der Waals surface area (Å²) < 4.78 is 13.4. The minimum absolute atomic E-state index is 0.208. The van der Waals surface area contributed by atoms with Gasteiger partial charge in [-0.2, -0.15) is 0 Å². The van der Waals surface area contributed by atoms with Gasteiger partial charge < -0.3 is 10.2 Å². The topological polar surface area (TPSA) is 45.2 Å². The maximum absolute atomic E-state index is 13.4. The van der Waals surface area contributed by atoms with Crippen molar-refractivity contribution in [2.75, 3.05) is 24.3 Å². The summed E-state index contributed by atoms with van der Waals surface area (Å²) in [6.45, 7) is 3.94. The first-order valence-corrected chi connectivity index (χ1v) is 6.62. The number of aryl methyl sites for hydroxylation is 2. The number of anilines is 2. The van der Waals surface area contributed by atoms with Crippen molar-refractivity contribution in [3.05, 3.63) is 53.0 Å². The Morgan fingerprint density at radius 2 is 1.81 bits per heavy atom. The van der Waals surface area contributed by atoms with Gasteiger partial charge in [-0.05, 0) is 43.2 Å². The lowest BCUT2D eigenvalue weighted by atomic mass is 10.1. The summed E-state index contributed by atoms with van der Waals surface area (Å²) in [6, 6.07) is 7.05. The van der Waals surface area contributed by atoms with Gasteiger partial charge in [0.05, 0.1) is 11.8 Å². The Morgan fingerprint density at radius 3 is 2.38 bits per heavy atom. The van der Waals surface area contributed by atoms with Gasteiger partial charge >= 0.3 is 0 Å². The number of pyridine rings is 1. The van der Waals surface area contributed by atoms with E-state index in [1.165, 1.54) is 11.0 Å². The number of halogens is 1. The van der Waals surface area contributed by atoms with Gasteiger partial charge in [0, 0.05) is 19.8 Å². The van der Waals surface area contributed by atoms with E-state index in [9.17, 15) is 9.18 Å². The first kappa shape index (κ1) is 15.0. The Labute approximate surface area is 123 Å². The Hall–Kier alpha value is -2.43. The molecule has 4 nitrogen and oxygen atoms in total. The van der Waals surface area contributed by atoms with Gasteiger partial charge in [0.1, 0.15) is 11.6 Å². The number of nitrogens with zero attached hydrogens (tertiary/aromatic N) is 2. The number of benzene rings is 1. The predicted octanol–water partition coefficient (Wildman–Crippen LogP) is 3.16. The summed E-state index contributed by atoms with van der Waals surface area (Å²) in [5, 5.41) is 2.81. The van der Waals surface area contributed by atoms with Crippen molar-refractivity contribution < 1.29 is 9.18 Å². The molecule has 0 saturated heterocycles. The molecule has 1 N–H and O–H groups in total. The molecule has 0 bridgehead atoms. The molecule has 0 aliphatic rings. The average molecular weight is 287 g/mol. The van der Waals surface area contributed by atoms with Gasteiger partial charge in [-0.25, -0.2) is 9.37 Å². The number of nitrogens with one attached hydrogen (secondary N) is 1. The fraction of sp³-hybridized carbons (Fsp3) is 0.250. The molecule has 5 heteroatoms. The number of hydrogen-bond donors (Lipinski definition) is 1. The van der Waals surface area contributed by atoms with Crippen molar-refractivity contribution in [2.24, 2.45) is 0 Å². The number of carbonyl (C=O) groups is 1. The number of amides is 1. The summed E-state index contributed by atoms with van der Waals surface area (Å²) >= 11 is 0. The molecule has 0 unspecified atom stereocenters. The first-order chi connectivity index (χ1) is 9.92. The lowest BCUT2D eigenvalue weighted by molar-refractivity contribution is 0.0993. The van der Waals surface area contributed by atoms with Crippen LogP contribution in [0, 0.1) is 19.7 Å². The van der Waals surface area contributed by atoms with E-state index in [1.807, 2.05) is 32.0 Å². The van der Waals surface area contributed by atoms with E-state index in [-0.39, 0.29) is 11.5 Å². The van der Waals surface area contributed by atoms with E-state index >= 15 is 0 Å². The Morgan fingerprint density at radius 1 is 1.19 bits per heavy atom.